The maximum Gasteiger partial charge on any atom is 0.323 e. The average molecular weight is 619 g/mol. The summed E-state index contributed by atoms with van der Waals surface area (Å²) < 4.78 is 31.7. The van der Waals surface area contributed by atoms with E-state index in [0.717, 1.165) is 25.9 Å². The third kappa shape index (κ3) is 7.65. The van der Waals surface area contributed by atoms with Crippen LogP contribution in [0.15, 0.2) is 18.5 Å². The van der Waals surface area contributed by atoms with Crippen molar-refractivity contribution in [3.63, 3.8) is 0 Å². The van der Waals surface area contributed by atoms with E-state index in [2.05, 4.69) is 20.3 Å². The van der Waals surface area contributed by atoms with Crippen LogP contribution in [-0.2, 0) is 38.1 Å². The average Bonchev–Trinajstić information content (AvgIpc) is 3.52. The van der Waals surface area contributed by atoms with Crippen LogP contribution in [0.25, 0.3) is 5.52 Å². The number of carbonyl (C=O) groups excluding carboxylic acids is 3. The minimum absolute atomic E-state index is 0.00754. The molecule has 44 heavy (non-hydrogen) atoms. The molecule has 4 rings (SSSR count). The number of ether oxygens (including phenoxy) is 5. The van der Waals surface area contributed by atoms with Gasteiger partial charge in [0, 0.05) is 13.1 Å². The minimum atomic E-state index is -1.25. The lowest BCUT2D eigenvalue weighted by molar-refractivity contribution is -0.178. The number of anilines is 1. The van der Waals surface area contributed by atoms with E-state index in [0.29, 0.717) is 11.2 Å². The van der Waals surface area contributed by atoms with Gasteiger partial charge in [0.25, 0.3) is 0 Å². The first kappa shape index (κ1) is 33.6. The molecule has 0 spiro atoms. The van der Waals surface area contributed by atoms with Crippen LogP contribution in [0.4, 0.5) is 5.82 Å². The Bertz CT molecular complexity index is 1310. The number of esters is 3. The highest BCUT2D eigenvalue weighted by atomic mass is 16.7. The molecule has 0 unspecified atom stereocenters. The summed E-state index contributed by atoms with van der Waals surface area (Å²) in [6.45, 7) is 12.0. The van der Waals surface area contributed by atoms with Crippen molar-refractivity contribution in [3.8, 4) is 0 Å². The molecule has 14 nitrogen and oxygen atoms in total. The molecule has 0 amide bonds. The number of fused-ring (bicyclic) bond motifs is 1. The Morgan fingerprint density at radius 1 is 1.05 bits per heavy atom. The van der Waals surface area contributed by atoms with Crippen LogP contribution >= 0.6 is 0 Å². The zero-order valence-corrected chi connectivity index (χ0v) is 26.6. The van der Waals surface area contributed by atoms with E-state index in [4.69, 9.17) is 29.4 Å². The SMILES string of the molecule is CC(C)C(=O)O[C@H]1[C@H](c2ccc3c(N)ncnn23)O[C@](C)(COCN[C@@H](C)C(=O)OC2CCN(C)CC2)[C@H]1OC(=O)C(C)C. The Labute approximate surface area is 257 Å². The summed E-state index contributed by atoms with van der Waals surface area (Å²) in [4.78, 5) is 44.7. The summed E-state index contributed by atoms with van der Waals surface area (Å²) in [7, 11) is 2.05. The number of aromatic nitrogens is 3. The molecule has 14 heteroatoms. The molecule has 2 saturated heterocycles. The quantitative estimate of drug-likeness (QED) is 0.153. The number of hydrogen-bond acceptors (Lipinski definition) is 13. The van der Waals surface area contributed by atoms with Gasteiger partial charge in [0.05, 0.1) is 30.9 Å². The fourth-order valence-corrected chi connectivity index (χ4v) is 5.20. The highest BCUT2D eigenvalue weighted by molar-refractivity contribution is 5.75. The van der Waals surface area contributed by atoms with Crippen molar-refractivity contribution in [2.75, 3.05) is 39.2 Å². The highest BCUT2D eigenvalue weighted by Gasteiger charge is 2.58. The predicted octanol–water partition coefficient (Wildman–Crippen LogP) is 1.87. The van der Waals surface area contributed by atoms with Gasteiger partial charge in [-0.3, -0.25) is 19.7 Å². The molecule has 2 aliphatic rings. The lowest BCUT2D eigenvalue weighted by Gasteiger charge is -2.32. The zero-order chi connectivity index (χ0) is 32.2. The van der Waals surface area contributed by atoms with Gasteiger partial charge in [-0.2, -0.15) is 5.10 Å². The van der Waals surface area contributed by atoms with Gasteiger partial charge >= 0.3 is 17.9 Å². The molecule has 4 heterocycles. The second kappa shape index (κ2) is 14.2. The number of carbonyl (C=O) groups is 3. The van der Waals surface area contributed by atoms with Crippen molar-refractivity contribution in [2.24, 2.45) is 11.8 Å². The third-order valence-electron chi connectivity index (χ3n) is 8.02. The summed E-state index contributed by atoms with van der Waals surface area (Å²) in [6, 6.07) is 2.90. The zero-order valence-electron chi connectivity index (χ0n) is 26.6. The molecule has 2 aromatic rings. The molecule has 2 aliphatic heterocycles. The molecule has 0 aliphatic carbocycles. The van der Waals surface area contributed by atoms with Gasteiger partial charge in [-0.1, -0.05) is 27.7 Å². The Hall–Kier alpha value is -3.33. The molecule has 0 bridgehead atoms. The number of nitrogens with zero attached hydrogens (tertiary/aromatic N) is 4. The summed E-state index contributed by atoms with van der Waals surface area (Å²) in [6.07, 6.45) is -0.107. The Balaban J connectivity index is 1.51. The molecule has 2 aromatic heterocycles. The number of piperidine rings is 1. The lowest BCUT2D eigenvalue weighted by Crippen LogP contribution is -2.49. The molecule has 244 valence electrons. The Morgan fingerprint density at radius 3 is 2.36 bits per heavy atom. The van der Waals surface area contributed by atoms with Crippen LogP contribution in [0, 0.1) is 11.8 Å². The maximum atomic E-state index is 12.9. The van der Waals surface area contributed by atoms with Gasteiger partial charge < -0.3 is 34.3 Å². The van der Waals surface area contributed by atoms with Crippen LogP contribution in [0.2, 0.25) is 0 Å². The maximum absolute atomic E-state index is 12.9. The third-order valence-corrected chi connectivity index (χ3v) is 8.02. The fourth-order valence-electron chi connectivity index (χ4n) is 5.20. The summed E-state index contributed by atoms with van der Waals surface area (Å²) in [5, 5.41) is 7.36. The molecule has 3 N–H and O–H groups in total. The van der Waals surface area contributed by atoms with Crippen molar-refractivity contribution in [3.05, 3.63) is 24.2 Å². The number of rotatable bonds is 12. The molecular formula is C30H46N6O8. The van der Waals surface area contributed by atoms with E-state index in [-0.39, 0.29) is 31.2 Å². The molecule has 0 aromatic carbocycles. The fraction of sp³-hybridized carbons (Fsp3) is 0.700. The van der Waals surface area contributed by atoms with Crippen molar-refractivity contribution in [1.29, 1.82) is 0 Å². The van der Waals surface area contributed by atoms with Crippen LogP contribution in [-0.4, -0.2) is 101 Å². The first-order chi connectivity index (χ1) is 20.8. The van der Waals surface area contributed by atoms with E-state index in [1.165, 1.54) is 6.33 Å². The number of nitrogens with one attached hydrogen (secondary N) is 1. The standard InChI is InChI=1S/C30H46N6O8/c1-17(2)27(37)42-24-23(21-8-9-22-26(31)32-15-34-36(21)22)44-30(6,25(24)43-28(38)18(3)4)14-40-16-33-19(5)29(39)41-20-10-12-35(7)13-11-20/h8-9,15,17-20,23-25,33H,10-14,16H2,1-7H3,(H2,31,32,34)/t19-,23-,24-,25-,30+/m0/s1. The van der Waals surface area contributed by atoms with Crippen molar-refractivity contribution >= 4 is 29.2 Å². The largest absolute Gasteiger partial charge is 0.461 e. The number of nitrogens with two attached hydrogens (primary N) is 1. The van der Waals surface area contributed by atoms with Gasteiger partial charge in [-0.05, 0) is 45.9 Å². The molecular weight excluding hydrogens is 572 g/mol. The normalized spacial score (nSPS) is 25.4. The van der Waals surface area contributed by atoms with Gasteiger partial charge in [0.2, 0.25) is 0 Å². The second-order valence-corrected chi connectivity index (χ2v) is 12.5. The molecule has 2 fully saturated rings. The number of nitrogen functional groups attached to an aromatic ring is 1. The van der Waals surface area contributed by atoms with Crippen molar-refractivity contribution in [1.82, 2.24) is 24.8 Å². The van der Waals surface area contributed by atoms with E-state index in [9.17, 15) is 14.4 Å². The molecule has 5 atom stereocenters. The summed E-state index contributed by atoms with van der Waals surface area (Å²) >= 11 is 0. The van der Waals surface area contributed by atoms with Crippen molar-refractivity contribution < 1.29 is 38.1 Å². The first-order valence-electron chi connectivity index (χ1n) is 15.2. The van der Waals surface area contributed by atoms with Gasteiger partial charge in [-0.15, -0.1) is 0 Å². The topological polar surface area (TPSA) is 169 Å². The van der Waals surface area contributed by atoms with Gasteiger partial charge in [0.15, 0.2) is 18.0 Å². The van der Waals surface area contributed by atoms with Crippen LogP contribution in [0.3, 0.4) is 0 Å². The monoisotopic (exact) mass is 618 g/mol. The van der Waals surface area contributed by atoms with Crippen LogP contribution < -0.4 is 11.1 Å². The number of likely N-dealkylation sites (tertiary alicyclic amines) is 1. The predicted molar refractivity (Wildman–Crippen MR) is 159 cm³/mol. The molecule has 0 radical (unpaired) electrons. The minimum Gasteiger partial charge on any atom is -0.461 e. The summed E-state index contributed by atoms with van der Waals surface area (Å²) in [5.41, 5.74) is 5.89. The van der Waals surface area contributed by atoms with E-state index in [1.807, 2.05) is 7.05 Å². The van der Waals surface area contributed by atoms with E-state index in [1.54, 1.807) is 58.2 Å². The lowest BCUT2D eigenvalue weighted by atomic mass is 9.95. The van der Waals surface area contributed by atoms with Crippen molar-refractivity contribution in [2.45, 2.75) is 90.4 Å². The van der Waals surface area contributed by atoms with Gasteiger partial charge in [0.1, 0.15) is 35.7 Å². The highest BCUT2D eigenvalue weighted by Crippen LogP contribution is 2.44. The first-order valence-corrected chi connectivity index (χ1v) is 15.2. The van der Waals surface area contributed by atoms with E-state index >= 15 is 0 Å². The Kier molecular flexibility index (Phi) is 10.8. The number of hydrogen-bond donors (Lipinski definition) is 2. The van der Waals surface area contributed by atoms with Crippen LogP contribution in [0.1, 0.15) is 66.2 Å². The Morgan fingerprint density at radius 2 is 1.70 bits per heavy atom. The second-order valence-electron chi connectivity index (χ2n) is 12.5. The van der Waals surface area contributed by atoms with E-state index < -0.39 is 53.7 Å². The summed E-state index contributed by atoms with van der Waals surface area (Å²) in [5.74, 6) is -1.93. The van der Waals surface area contributed by atoms with Gasteiger partial charge in [-0.25, -0.2) is 9.50 Å². The smallest absolute Gasteiger partial charge is 0.323 e. The van der Waals surface area contributed by atoms with Crippen LogP contribution in [0.5, 0.6) is 0 Å². The molecule has 0 saturated carbocycles.